The zero-order valence-corrected chi connectivity index (χ0v) is 22.4. The molecule has 2 aromatic carbocycles. The molecule has 0 spiro atoms. The van der Waals surface area contributed by atoms with Crippen LogP contribution in [0.2, 0.25) is 0 Å². The largest absolute Gasteiger partial charge is 0.508 e. The lowest BCUT2D eigenvalue weighted by Gasteiger charge is -2.50. The summed E-state index contributed by atoms with van der Waals surface area (Å²) in [6, 6.07) is 13.7. The van der Waals surface area contributed by atoms with Gasteiger partial charge in [-0.15, -0.1) is 23.2 Å². The van der Waals surface area contributed by atoms with Gasteiger partial charge in [0.1, 0.15) is 5.75 Å². The molecule has 2 saturated heterocycles. The van der Waals surface area contributed by atoms with E-state index in [1.165, 1.54) is 24.1 Å². The average Bonchev–Trinajstić information content (AvgIpc) is 3.23. The van der Waals surface area contributed by atoms with Gasteiger partial charge in [-0.2, -0.15) is 0 Å². The maximum atomic E-state index is 13.9. The highest BCUT2D eigenvalue weighted by atomic mass is 35.5. The maximum Gasteiger partial charge on any atom is 0.253 e. The van der Waals surface area contributed by atoms with Gasteiger partial charge < -0.3 is 5.11 Å². The topological polar surface area (TPSA) is 95.0 Å². The highest BCUT2D eigenvalue weighted by molar-refractivity contribution is 6.53. The Morgan fingerprint density at radius 2 is 1.68 bits per heavy atom. The zero-order chi connectivity index (χ0) is 27.1. The van der Waals surface area contributed by atoms with E-state index in [-0.39, 0.29) is 24.0 Å². The van der Waals surface area contributed by atoms with Crippen LogP contribution in [0.5, 0.6) is 5.75 Å². The third-order valence-electron chi connectivity index (χ3n) is 8.82. The van der Waals surface area contributed by atoms with E-state index in [1.54, 1.807) is 24.3 Å². The fraction of sp³-hybridized carbons (Fsp3) is 0.379. The number of amides is 4. The number of imide groups is 2. The number of nitrogens with zero attached hydrogens (tertiary/aromatic N) is 2. The number of anilines is 1. The number of phenols is 1. The van der Waals surface area contributed by atoms with Crippen LogP contribution in [-0.2, 0) is 25.6 Å². The van der Waals surface area contributed by atoms with Crippen molar-refractivity contribution in [3.05, 3.63) is 71.3 Å². The van der Waals surface area contributed by atoms with Crippen LogP contribution in [0.15, 0.2) is 60.2 Å². The van der Waals surface area contributed by atoms with Crippen LogP contribution in [0, 0.1) is 17.8 Å². The molecule has 0 radical (unpaired) electrons. The third-order valence-corrected chi connectivity index (χ3v) is 10.2. The summed E-state index contributed by atoms with van der Waals surface area (Å²) in [5.41, 5.74) is 2.81. The van der Waals surface area contributed by atoms with Gasteiger partial charge in [-0.3, -0.25) is 29.0 Å². The molecular formula is C29H26Cl2N2O5. The first-order valence-electron chi connectivity index (χ1n) is 12.7. The molecule has 1 saturated carbocycles. The number of aryl methyl sites for hydroxylation is 1. The molecule has 196 valence electrons. The van der Waals surface area contributed by atoms with Gasteiger partial charge in [0, 0.05) is 13.0 Å². The van der Waals surface area contributed by atoms with Crippen LogP contribution in [0.25, 0.3) is 0 Å². The van der Waals surface area contributed by atoms with Crippen molar-refractivity contribution >= 4 is 52.5 Å². The van der Waals surface area contributed by atoms with E-state index in [0.29, 0.717) is 23.2 Å². The Morgan fingerprint density at radius 3 is 2.34 bits per heavy atom. The van der Waals surface area contributed by atoms with Crippen molar-refractivity contribution in [1.82, 2.24) is 4.90 Å². The van der Waals surface area contributed by atoms with Crippen molar-refractivity contribution in [3.8, 4) is 5.75 Å². The monoisotopic (exact) mass is 552 g/mol. The molecular weight excluding hydrogens is 527 g/mol. The average molecular weight is 553 g/mol. The number of hydrogen-bond donors (Lipinski definition) is 1. The van der Waals surface area contributed by atoms with E-state index < -0.39 is 45.2 Å². The summed E-state index contributed by atoms with van der Waals surface area (Å²) in [5.74, 6) is -4.75. The lowest BCUT2D eigenvalue weighted by molar-refractivity contribution is -0.138. The van der Waals surface area contributed by atoms with E-state index in [1.807, 2.05) is 25.1 Å². The van der Waals surface area contributed by atoms with Crippen LogP contribution >= 0.6 is 23.2 Å². The minimum atomic E-state index is -1.86. The number of halogens is 2. The van der Waals surface area contributed by atoms with Gasteiger partial charge in [0.25, 0.3) is 11.8 Å². The van der Waals surface area contributed by atoms with Crippen molar-refractivity contribution in [2.75, 3.05) is 11.9 Å². The number of likely N-dealkylation sites (tertiary alicyclic amines) is 1. The number of rotatable bonds is 3. The molecule has 2 aliphatic carbocycles. The predicted octanol–water partition coefficient (Wildman–Crippen LogP) is 4.15. The fourth-order valence-electron chi connectivity index (χ4n) is 6.96. The molecule has 6 rings (SSSR count). The van der Waals surface area contributed by atoms with Gasteiger partial charge in [-0.05, 0) is 60.6 Å². The molecule has 2 heterocycles. The second kappa shape index (κ2) is 8.42. The summed E-state index contributed by atoms with van der Waals surface area (Å²) in [6.07, 6.45) is 2.95. The number of carbonyl (C=O) groups is 4. The summed E-state index contributed by atoms with van der Waals surface area (Å²) in [5, 5.41) is 10.3. The van der Waals surface area contributed by atoms with Crippen molar-refractivity contribution < 1.29 is 24.3 Å². The van der Waals surface area contributed by atoms with Crippen molar-refractivity contribution in [2.45, 2.75) is 41.9 Å². The Labute approximate surface area is 230 Å². The minimum absolute atomic E-state index is 0.0294. The summed E-state index contributed by atoms with van der Waals surface area (Å²) < 4.78 is 0. The maximum absolute atomic E-state index is 13.9. The van der Waals surface area contributed by atoms with Crippen LogP contribution in [0.3, 0.4) is 0 Å². The van der Waals surface area contributed by atoms with E-state index in [4.69, 9.17) is 23.2 Å². The number of alkyl halides is 2. The van der Waals surface area contributed by atoms with E-state index in [2.05, 4.69) is 0 Å². The normalized spacial score (nSPS) is 34.3. The number of benzene rings is 2. The Bertz CT molecular complexity index is 1440. The summed E-state index contributed by atoms with van der Waals surface area (Å²) in [4.78, 5) is 53.0. The molecule has 0 aromatic heterocycles. The zero-order valence-electron chi connectivity index (χ0n) is 20.9. The van der Waals surface area contributed by atoms with E-state index in [9.17, 15) is 24.3 Å². The molecule has 9 heteroatoms. The van der Waals surface area contributed by atoms with Crippen molar-refractivity contribution in [1.29, 1.82) is 0 Å². The second-order valence-corrected chi connectivity index (χ2v) is 11.9. The molecule has 0 unspecified atom stereocenters. The van der Waals surface area contributed by atoms with Gasteiger partial charge in [0.05, 0.1) is 17.5 Å². The number of aromatic hydroxyl groups is 1. The summed E-state index contributed by atoms with van der Waals surface area (Å²) >= 11 is 14.2. The van der Waals surface area contributed by atoms with Gasteiger partial charge in [-0.25, -0.2) is 0 Å². The molecule has 1 N–H and O–H groups in total. The van der Waals surface area contributed by atoms with Gasteiger partial charge in [0.2, 0.25) is 11.8 Å². The summed E-state index contributed by atoms with van der Waals surface area (Å²) in [7, 11) is 1.35. The van der Waals surface area contributed by atoms with Gasteiger partial charge in [-0.1, -0.05) is 42.8 Å². The minimum Gasteiger partial charge on any atom is -0.508 e. The molecule has 2 aliphatic heterocycles. The SMILES string of the molecule is CCc1ccc(N2C(=O)[C@H]3[C@H](CC=C4[C@H]3C[C@@]3(Cl)C(=O)N(C)C(=O)[C@@]3(Cl)[C@H]4c3cccc(O)c3)C2=O)cc1. The Kier molecular flexibility index (Phi) is 5.57. The van der Waals surface area contributed by atoms with Crippen LogP contribution in [0.4, 0.5) is 5.69 Å². The van der Waals surface area contributed by atoms with E-state index in [0.717, 1.165) is 16.9 Å². The first kappa shape index (κ1) is 25.1. The lowest BCUT2D eigenvalue weighted by atomic mass is 9.56. The first-order valence-corrected chi connectivity index (χ1v) is 13.5. The van der Waals surface area contributed by atoms with Gasteiger partial charge >= 0.3 is 0 Å². The smallest absolute Gasteiger partial charge is 0.253 e. The Balaban J connectivity index is 1.49. The van der Waals surface area contributed by atoms with Crippen molar-refractivity contribution in [3.63, 3.8) is 0 Å². The number of allylic oxidation sites excluding steroid dienone is 2. The van der Waals surface area contributed by atoms with Gasteiger partial charge in [0.15, 0.2) is 9.75 Å². The van der Waals surface area contributed by atoms with Crippen LogP contribution in [-0.4, -0.2) is 50.4 Å². The predicted molar refractivity (Wildman–Crippen MR) is 142 cm³/mol. The molecule has 6 atom stereocenters. The van der Waals surface area contributed by atoms with E-state index >= 15 is 0 Å². The summed E-state index contributed by atoms with van der Waals surface area (Å²) in [6.45, 7) is 2.03. The van der Waals surface area contributed by atoms with Crippen LogP contribution in [0.1, 0.15) is 36.8 Å². The number of phenolic OH excluding ortho intramolecular Hbond substituents is 1. The second-order valence-electron chi connectivity index (χ2n) is 10.6. The molecule has 4 aliphatic rings. The quantitative estimate of drug-likeness (QED) is 0.350. The molecule has 38 heavy (non-hydrogen) atoms. The highest BCUT2D eigenvalue weighted by Gasteiger charge is 2.75. The fourth-order valence-corrected chi connectivity index (χ4v) is 7.98. The van der Waals surface area contributed by atoms with Crippen LogP contribution < -0.4 is 4.90 Å². The third kappa shape index (κ3) is 3.09. The molecule has 0 bridgehead atoms. The molecule has 7 nitrogen and oxygen atoms in total. The molecule has 2 aromatic rings. The lowest BCUT2D eigenvalue weighted by Crippen LogP contribution is -2.60. The molecule has 3 fully saturated rings. The Hall–Kier alpha value is -3.16. The first-order chi connectivity index (χ1) is 18.0. The number of hydrogen-bond acceptors (Lipinski definition) is 5. The Morgan fingerprint density at radius 1 is 0.974 bits per heavy atom. The standard InChI is InChI=1S/C29H26Cl2N2O5/c1-3-15-7-9-17(10-8-15)33-24(35)20-12-11-19-21(22(20)25(33)36)14-28(30)26(37)32(2)27(38)29(28,31)23(19)16-5-4-6-18(34)13-16/h4-11,13,20-23,34H,3,12,14H2,1-2H3/t20-,21+,22-,23-,28+,29-/m0/s1. The number of fused-ring (bicyclic) bond motifs is 4. The van der Waals surface area contributed by atoms with Crippen molar-refractivity contribution in [2.24, 2.45) is 17.8 Å². The number of carbonyl (C=O) groups excluding carboxylic acids is 4. The highest BCUT2D eigenvalue weighted by Crippen LogP contribution is 2.65. The molecule has 4 amide bonds.